The van der Waals surface area contributed by atoms with Gasteiger partial charge in [-0.3, -0.25) is 15.5 Å². The molecule has 1 amide bonds. The second-order valence-corrected chi connectivity index (χ2v) is 6.42. The predicted octanol–water partition coefficient (Wildman–Crippen LogP) is 4.33. The SMILES string of the molecule is [N-]=[N+]=Nc1ccc(CCC(=O)NC(=N)Nc2nc3ccccc3s2)cc1. The number of amides is 1. The van der Waals surface area contributed by atoms with E-state index in [9.17, 15) is 4.79 Å². The highest BCUT2D eigenvalue weighted by Gasteiger charge is 2.08. The zero-order valence-electron chi connectivity index (χ0n) is 13.6. The first-order chi connectivity index (χ1) is 12.6. The van der Waals surface area contributed by atoms with Crippen molar-refractivity contribution in [2.24, 2.45) is 5.11 Å². The van der Waals surface area contributed by atoms with Crippen molar-refractivity contribution in [1.82, 2.24) is 10.3 Å². The molecule has 3 aromatic rings. The number of hydrogen-bond donors (Lipinski definition) is 3. The predicted molar refractivity (Wildman–Crippen MR) is 103 cm³/mol. The Bertz CT molecular complexity index is 957. The van der Waals surface area contributed by atoms with Crippen LogP contribution in [0.3, 0.4) is 0 Å². The summed E-state index contributed by atoms with van der Waals surface area (Å²) >= 11 is 1.42. The summed E-state index contributed by atoms with van der Waals surface area (Å²) in [5, 5.41) is 17.2. The summed E-state index contributed by atoms with van der Waals surface area (Å²) in [7, 11) is 0. The minimum Gasteiger partial charge on any atom is -0.302 e. The van der Waals surface area contributed by atoms with Crippen molar-refractivity contribution in [3.63, 3.8) is 0 Å². The van der Waals surface area contributed by atoms with Crippen molar-refractivity contribution in [3.8, 4) is 0 Å². The number of nitrogens with one attached hydrogen (secondary N) is 3. The van der Waals surface area contributed by atoms with E-state index in [0.29, 0.717) is 17.2 Å². The number of nitrogens with zero attached hydrogens (tertiary/aromatic N) is 4. The van der Waals surface area contributed by atoms with Crippen LogP contribution in [0.1, 0.15) is 12.0 Å². The van der Waals surface area contributed by atoms with Crippen molar-refractivity contribution in [2.45, 2.75) is 12.8 Å². The van der Waals surface area contributed by atoms with Crippen molar-refractivity contribution in [3.05, 3.63) is 64.5 Å². The van der Waals surface area contributed by atoms with Gasteiger partial charge in [0.2, 0.25) is 11.9 Å². The van der Waals surface area contributed by atoms with Crippen molar-refractivity contribution < 1.29 is 4.79 Å². The summed E-state index contributed by atoms with van der Waals surface area (Å²) in [6.07, 6.45) is 0.765. The van der Waals surface area contributed by atoms with Crippen LogP contribution in [0.4, 0.5) is 10.8 Å². The lowest BCUT2D eigenvalue weighted by Gasteiger charge is -2.07. The van der Waals surface area contributed by atoms with E-state index in [1.54, 1.807) is 12.1 Å². The molecule has 0 bridgehead atoms. The normalized spacial score (nSPS) is 10.2. The minimum atomic E-state index is -0.261. The fraction of sp³-hybridized carbons (Fsp3) is 0.118. The Kier molecular flexibility index (Phi) is 5.43. The van der Waals surface area contributed by atoms with E-state index in [2.05, 4.69) is 25.6 Å². The molecular weight excluding hydrogens is 350 g/mol. The molecule has 26 heavy (non-hydrogen) atoms. The van der Waals surface area contributed by atoms with Gasteiger partial charge in [0, 0.05) is 17.0 Å². The molecule has 3 rings (SSSR count). The summed E-state index contributed by atoms with van der Waals surface area (Å²) < 4.78 is 1.01. The largest absolute Gasteiger partial charge is 0.302 e. The number of rotatable bonds is 5. The number of carbonyl (C=O) groups excluding carboxylic acids is 1. The van der Waals surface area contributed by atoms with Crippen molar-refractivity contribution in [1.29, 1.82) is 5.41 Å². The standard InChI is InChI=1S/C17H15N7OS/c18-16(22-17-20-13-3-1-2-4-14(13)26-17)21-15(25)10-7-11-5-8-12(9-6-11)23-24-19/h1-6,8-9H,7,10H2,(H3,18,20,21,22,25). The summed E-state index contributed by atoms with van der Waals surface area (Å²) in [5.74, 6) is -0.365. The summed E-state index contributed by atoms with van der Waals surface area (Å²) in [6, 6.07) is 14.7. The third-order valence-electron chi connectivity index (χ3n) is 3.53. The van der Waals surface area contributed by atoms with Crippen LogP contribution in [0.2, 0.25) is 0 Å². The topological polar surface area (TPSA) is 127 Å². The number of carbonyl (C=O) groups is 1. The Labute approximate surface area is 153 Å². The van der Waals surface area contributed by atoms with Gasteiger partial charge >= 0.3 is 0 Å². The molecule has 0 radical (unpaired) electrons. The van der Waals surface area contributed by atoms with Gasteiger partial charge in [0.15, 0.2) is 5.13 Å². The first-order valence-corrected chi connectivity index (χ1v) is 8.61. The molecule has 2 aromatic carbocycles. The molecule has 0 atom stereocenters. The average molecular weight is 365 g/mol. The molecule has 1 heterocycles. The van der Waals surface area contributed by atoms with Gasteiger partial charge in [0.1, 0.15) is 0 Å². The molecule has 0 aliphatic rings. The van der Waals surface area contributed by atoms with Crippen LogP contribution in [0.25, 0.3) is 20.7 Å². The fourth-order valence-electron chi connectivity index (χ4n) is 2.30. The van der Waals surface area contributed by atoms with Gasteiger partial charge in [-0.2, -0.15) is 0 Å². The number of aryl methyl sites for hydroxylation is 1. The number of para-hydroxylation sites is 1. The number of azide groups is 1. The number of hydrogen-bond acceptors (Lipinski definition) is 5. The monoisotopic (exact) mass is 365 g/mol. The molecule has 1 aromatic heterocycles. The molecule has 0 aliphatic heterocycles. The van der Waals surface area contributed by atoms with Crippen LogP contribution in [0.15, 0.2) is 53.6 Å². The number of guanidine groups is 1. The number of thiazole rings is 1. The van der Waals surface area contributed by atoms with Gasteiger partial charge in [0.05, 0.1) is 10.2 Å². The molecule has 9 heteroatoms. The number of aromatic nitrogens is 1. The van der Waals surface area contributed by atoms with E-state index in [1.165, 1.54) is 11.3 Å². The highest BCUT2D eigenvalue weighted by atomic mass is 32.1. The lowest BCUT2D eigenvalue weighted by Crippen LogP contribution is -2.35. The summed E-state index contributed by atoms with van der Waals surface area (Å²) in [5.41, 5.74) is 10.7. The molecule has 0 aliphatic carbocycles. The Morgan fingerprint density at radius 2 is 2.00 bits per heavy atom. The molecule has 8 nitrogen and oxygen atoms in total. The van der Waals surface area contributed by atoms with E-state index in [0.717, 1.165) is 15.8 Å². The molecule has 0 saturated heterocycles. The van der Waals surface area contributed by atoms with Crippen molar-refractivity contribution >= 4 is 44.2 Å². The Balaban J connectivity index is 1.49. The second-order valence-electron chi connectivity index (χ2n) is 5.39. The van der Waals surface area contributed by atoms with Crippen LogP contribution in [-0.4, -0.2) is 16.9 Å². The Morgan fingerprint density at radius 3 is 2.73 bits per heavy atom. The first-order valence-electron chi connectivity index (χ1n) is 7.79. The van der Waals surface area contributed by atoms with Gasteiger partial charge in [-0.25, -0.2) is 4.98 Å². The van der Waals surface area contributed by atoms with Gasteiger partial charge in [-0.1, -0.05) is 52.8 Å². The van der Waals surface area contributed by atoms with E-state index in [1.807, 2.05) is 36.4 Å². The van der Waals surface area contributed by atoms with Gasteiger partial charge in [-0.05, 0) is 29.6 Å². The lowest BCUT2D eigenvalue weighted by atomic mass is 10.1. The van der Waals surface area contributed by atoms with Crippen LogP contribution in [0, 0.1) is 5.41 Å². The molecule has 3 N–H and O–H groups in total. The Hall–Kier alpha value is -3.42. The highest BCUT2D eigenvalue weighted by molar-refractivity contribution is 7.22. The third-order valence-corrected chi connectivity index (χ3v) is 4.48. The highest BCUT2D eigenvalue weighted by Crippen LogP contribution is 2.25. The van der Waals surface area contributed by atoms with E-state index in [-0.39, 0.29) is 18.3 Å². The molecule has 130 valence electrons. The second kappa shape index (κ2) is 8.11. The van der Waals surface area contributed by atoms with Gasteiger partial charge in [-0.15, -0.1) is 0 Å². The number of anilines is 1. The number of fused-ring (bicyclic) bond motifs is 1. The molecular formula is C17H15N7OS. The zero-order valence-corrected chi connectivity index (χ0v) is 14.5. The molecule has 0 saturated carbocycles. The smallest absolute Gasteiger partial charge is 0.226 e. The summed E-state index contributed by atoms with van der Waals surface area (Å²) in [4.78, 5) is 19.1. The van der Waals surface area contributed by atoms with Gasteiger partial charge < -0.3 is 5.32 Å². The average Bonchev–Trinajstić information content (AvgIpc) is 3.03. The maximum atomic E-state index is 12.0. The van der Waals surface area contributed by atoms with Gasteiger partial charge in [0.25, 0.3) is 0 Å². The Morgan fingerprint density at radius 1 is 1.23 bits per heavy atom. The van der Waals surface area contributed by atoms with Crippen LogP contribution < -0.4 is 10.6 Å². The first kappa shape index (κ1) is 17.4. The van der Waals surface area contributed by atoms with E-state index < -0.39 is 0 Å². The third kappa shape index (κ3) is 4.56. The maximum Gasteiger partial charge on any atom is 0.226 e. The number of benzene rings is 2. The van der Waals surface area contributed by atoms with Crippen LogP contribution in [-0.2, 0) is 11.2 Å². The van der Waals surface area contributed by atoms with Crippen LogP contribution in [0.5, 0.6) is 0 Å². The minimum absolute atomic E-state index is 0.104. The van der Waals surface area contributed by atoms with E-state index in [4.69, 9.17) is 10.9 Å². The zero-order chi connectivity index (χ0) is 18.4. The van der Waals surface area contributed by atoms with E-state index >= 15 is 0 Å². The molecule has 0 unspecified atom stereocenters. The fourth-order valence-corrected chi connectivity index (χ4v) is 3.17. The quantitative estimate of drug-likeness (QED) is 0.205. The molecule has 0 spiro atoms. The molecule has 0 fully saturated rings. The van der Waals surface area contributed by atoms with Crippen molar-refractivity contribution in [2.75, 3.05) is 5.32 Å². The summed E-state index contributed by atoms with van der Waals surface area (Å²) in [6.45, 7) is 0. The lowest BCUT2D eigenvalue weighted by molar-refractivity contribution is -0.119. The maximum absolute atomic E-state index is 12.0. The van der Waals surface area contributed by atoms with Crippen LogP contribution >= 0.6 is 11.3 Å².